The number of pyridine rings is 1. The normalized spacial score (nSPS) is 20.6. The summed E-state index contributed by atoms with van der Waals surface area (Å²) in [7, 11) is 0. The Morgan fingerprint density at radius 1 is 1.36 bits per heavy atom. The Labute approximate surface area is 85.1 Å². The number of hydrogen-bond donors (Lipinski definition) is 0. The molecule has 1 unspecified atom stereocenters. The average Bonchev–Trinajstić information content (AvgIpc) is 2.15. The van der Waals surface area contributed by atoms with E-state index >= 15 is 0 Å². The molecule has 2 heterocycles. The van der Waals surface area contributed by atoms with Gasteiger partial charge >= 0.3 is 0 Å². The minimum Gasteiger partial charge on any atom is -0.290 e. The zero-order valence-corrected chi connectivity index (χ0v) is 8.99. The quantitative estimate of drug-likeness (QED) is 0.614. The third-order valence-electron chi connectivity index (χ3n) is 2.79. The molecule has 1 aromatic heterocycles. The fourth-order valence-electron chi connectivity index (χ4n) is 1.92. The summed E-state index contributed by atoms with van der Waals surface area (Å²) in [5.74, 6) is 0.496. The van der Waals surface area contributed by atoms with Crippen LogP contribution in [-0.4, -0.2) is 17.7 Å². The lowest BCUT2D eigenvalue weighted by Gasteiger charge is -2.32. The summed E-state index contributed by atoms with van der Waals surface area (Å²) in [5.41, 5.74) is 2.64. The first-order valence-electron chi connectivity index (χ1n) is 5.04. The summed E-state index contributed by atoms with van der Waals surface area (Å²) in [6, 6.07) is 4.18. The van der Waals surface area contributed by atoms with Gasteiger partial charge in [0.2, 0.25) is 0 Å². The van der Waals surface area contributed by atoms with E-state index in [9.17, 15) is 0 Å². The van der Waals surface area contributed by atoms with E-state index in [0.29, 0.717) is 5.92 Å². The zero-order chi connectivity index (χ0) is 10.2. The predicted octanol–water partition coefficient (Wildman–Crippen LogP) is 2.64. The minimum atomic E-state index is 0.259. The molecule has 0 bridgehead atoms. The first-order valence-corrected chi connectivity index (χ1v) is 5.04. The standard InChI is InChI=1S/C12H16N2/c1-12(2,3)10-7-13-8-11-9(10)5-4-6-14-11/h4-6,8,10H,7H2,1-3H3. The van der Waals surface area contributed by atoms with Crippen LogP contribution >= 0.6 is 0 Å². The molecule has 1 atom stereocenters. The third-order valence-corrected chi connectivity index (χ3v) is 2.79. The van der Waals surface area contributed by atoms with E-state index in [2.05, 4.69) is 36.8 Å². The predicted molar refractivity (Wildman–Crippen MR) is 58.9 cm³/mol. The van der Waals surface area contributed by atoms with Crippen LogP contribution in [0.2, 0.25) is 0 Å². The van der Waals surface area contributed by atoms with E-state index in [1.165, 1.54) is 5.56 Å². The number of aliphatic imine (C=N–C) groups is 1. The van der Waals surface area contributed by atoms with Crippen LogP contribution < -0.4 is 0 Å². The molecule has 1 aliphatic heterocycles. The Balaban J connectivity index is 2.46. The number of hydrogen-bond acceptors (Lipinski definition) is 2. The van der Waals surface area contributed by atoms with Gasteiger partial charge in [0.1, 0.15) is 0 Å². The van der Waals surface area contributed by atoms with Gasteiger partial charge in [-0.25, -0.2) is 0 Å². The van der Waals surface area contributed by atoms with Crippen LogP contribution in [0.25, 0.3) is 0 Å². The summed E-state index contributed by atoms with van der Waals surface area (Å²) in [6.07, 6.45) is 3.72. The van der Waals surface area contributed by atoms with Crippen molar-refractivity contribution in [2.45, 2.75) is 26.7 Å². The molecule has 0 fully saturated rings. The lowest BCUT2D eigenvalue weighted by Crippen LogP contribution is -2.25. The molecule has 2 heteroatoms. The molecule has 0 amide bonds. The van der Waals surface area contributed by atoms with Gasteiger partial charge in [0.05, 0.1) is 5.69 Å². The van der Waals surface area contributed by atoms with Gasteiger partial charge in [0.25, 0.3) is 0 Å². The Hall–Kier alpha value is -1.18. The fraction of sp³-hybridized carbons (Fsp3) is 0.500. The summed E-state index contributed by atoms with van der Waals surface area (Å²) in [4.78, 5) is 8.71. The van der Waals surface area contributed by atoms with Gasteiger partial charge in [0.15, 0.2) is 0 Å². The van der Waals surface area contributed by atoms with Gasteiger partial charge in [-0.3, -0.25) is 9.98 Å². The van der Waals surface area contributed by atoms with E-state index in [-0.39, 0.29) is 5.41 Å². The largest absolute Gasteiger partial charge is 0.290 e. The first kappa shape index (κ1) is 9.38. The van der Waals surface area contributed by atoms with Gasteiger partial charge in [0, 0.05) is 24.9 Å². The third kappa shape index (κ3) is 1.57. The molecule has 0 saturated heterocycles. The highest BCUT2D eigenvalue weighted by Gasteiger charge is 2.29. The van der Waals surface area contributed by atoms with Gasteiger partial charge in [-0.15, -0.1) is 0 Å². The van der Waals surface area contributed by atoms with Crippen molar-refractivity contribution in [2.24, 2.45) is 10.4 Å². The van der Waals surface area contributed by atoms with Crippen molar-refractivity contribution < 1.29 is 0 Å². The maximum Gasteiger partial charge on any atom is 0.0843 e. The second-order valence-corrected chi connectivity index (χ2v) is 4.89. The lowest BCUT2D eigenvalue weighted by atomic mass is 9.75. The van der Waals surface area contributed by atoms with Crippen LogP contribution in [0.15, 0.2) is 23.3 Å². The zero-order valence-electron chi connectivity index (χ0n) is 8.99. The van der Waals surface area contributed by atoms with Crippen molar-refractivity contribution in [3.05, 3.63) is 29.6 Å². The maximum absolute atomic E-state index is 4.38. The molecule has 1 aliphatic rings. The minimum absolute atomic E-state index is 0.259. The Bertz CT molecular complexity index is 361. The highest BCUT2D eigenvalue weighted by Crippen LogP contribution is 2.37. The van der Waals surface area contributed by atoms with Crippen molar-refractivity contribution >= 4 is 6.21 Å². The molecule has 0 spiro atoms. The molecule has 0 aromatic carbocycles. The van der Waals surface area contributed by atoms with E-state index in [1.807, 2.05) is 18.5 Å². The smallest absolute Gasteiger partial charge is 0.0843 e. The molecular weight excluding hydrogens is 172 g/mol. The van der Waals surface area contributed by atoms with Crippen molar-refractivity contribution in [1.82, 2.24) is 4.98 Å². The molecule has 1 aromatic rings. The van der Waals surface area contributed by atoms with Gasteiger partial charge in [-0.2, -0.15) is 0 Å². The summed E-state index contributed by atoms with van der Waals surface area (Å²) >= 11 is 0. The number of rotatable bonds is 0. The van der Waals surface area contributed by atoms with Gasteiger partial charge < -0.3 is 0 Å². The highest BCUT2D eigenvalue weighted by molar-refractivity contribution is 5.80. The Morgan fingerprint density at radius 3 is 2.86 bits per heavy atom. The topological polar surface area (TPSA) is 25.2 Å². The molecule has 0 aliphatic carbocycles. The SMILES string of the molecule is CC(C)(C)C1CN=Cc2ncccc21. The van der Waals surface area contributed by atoms with Crippen molar-refractivity contribution in [3.63, 3.8) is 0 Å². The van der Waals surface area contributed by atoms with Crippen molar-refractivity contribution in [3.8, 4) is 0 Å². The molecule has 0 N–H and O–H groups in total. The lowest BCUT2D eigenvalue weighted by molar-refractivity contribution is 0.323. The van der Waals surface area contributed by atoms with Crippen LogP contribution in [0, 0.1) is 5.41 Å². The maximum atomic E-state index is 4.38. The molecule has 14 heavy (non-hydrogen) atoms. The van der Waals surface area contributed by atoms with E-state index in [0.717, 1.165) is 12.2 Å². The molecule has 74 valence electrons. The molecule has 0 radical (unpaired) electrons. The Morgan fingerprint density at radius 2 is 2.14 bits per heavy atom. The van der Waals surface area contributed by atoms with Crippen LogP contribution in [-0.2, 0) is 0 Å². The summed E-state index contributed by atoms with van der Waals surface area (Å²) < 4.78 is 0. The number of aromatic nitrogens is 1. The van der Waals surface area contributed by atoms with E-state index in [4.69, 9.17) is 0 Å². The number of fused-ring (bicyclic) bond motifs is 1. The van der Waals surface area contributed by atoms with E-state index < -0.39 is 0 Å². The number of nitrogens with zero attached hydrogens (tertiary/aromatic N) is 2. The first-order chi connectivity index (χ1) is 6.59. The van der Waals surface area contributed by atoms with Gasteiger partial charge in [-0.05, 0) is 17.0 Å². The highest BCUT2D eigenvalue weighted by atomic mass is 14.8. The molecular formula is C12H16N2. The molecule has 0 saturated carbocycles. The van der Waals surface area contributed by atoms with Crippen LogP contribution in [0.1, 0.15) is 37.9 Å². The van der Waals surface area contributed by atoms with Crippen molar-refractivity contribution in [2.75, 3.05) is 6.54 Å². The van der Waals surface area contributed by atoms with Crippen LogP contribution in [0.3, 0.4) is 0 Å². The van der Waals surface area contributed by atoms with Crippen LogP contribution in [0.5, 0.6) is 0 Å². The summed E-state index contributed by atoms with van der Waals surface area (Å²) in [5, 5.41) is 0. The van der Waals surface area contributed by atoms with E-state index in [1.54, 1.807) is 0 Å². The van der Waals surface area contributed by atoms with Crippen LogP contribution in [0.4, 0.5) is 0 Å². The molecule has 2 nitrogen and oxygen atoms in total. The Kier molecular flexibility index (Phi) is 2.14. The molecule has 2 rings (SSSR count). The summed E-state index contributed by atoms with van der Waals surface area (Å²) in [6.45, 7) is 7.67. The second kappa shape index (κ2) is 3.19. The fourth-order valence-corrected chi connectivity index (χ4v) is 1.92. The van der Waals surface area contributed by atoms with Crippen molar-refractivity contribution in [1.29, 1.82) is 0 Å². The second-order valence-electron chi connectivity index (χ2n) is 4.89. The average molecular weight is 188 g/mol. The van der Waals surface area contributed by atoms with Gasteiger partial charge in [-0.1, -0.05) is 26.8 Å². The monoisotopic (exact) mass is 188 g/mol.